The third-order valence-corrected chi connectivity index (χ3v) is 7.17. The van der Waals surface area contributed by atoms with E-state index in [1.165, 1.54) is 6.07 Å². The van der Waals surface area contributed by atoms with Gasteiger partial charge in [0.05, 0.1) is 17.9 Å². The van der Waals surface area contributed by atoms with E-state index in [0.717, 1.165) is 22.2 Å². The smallest absolute Gasteiger partial charge is 0.242 e. The Balaban J connectivity index is 1.20. The summed E-state index contributed by atoms with van der Waals surface area (Å²) >= 11 is 0. The molecule has 0 N–H and O–H groups in total. The first-order chi connectivity index (χ1) is 17.5. The van der Waals surface area contributed by atoms with Crippen LogP contribution in [0.15, 0.2) is 60.8 Å². The summed E-state index contributed by atoms with van der Waals surface area (Å²) in [7, 11) is 2.00. The zero-order valence-corrected chi connectivity index (χ0v) is 20.1. The molecule has 0 saturated carbocycles. The summed E-state index contributed by atoms with van der Waals surface area (Å²) in [4.78, 5) is 31.3. The molecule has 1 fully saturated rings. The number of benzene rings is 2. The lowest BCUT2D eigenvalue weighted by atomic mass is 10.1. The third-order valence-electron chi connectivity index (χ3n) is 7.17. The van der Waals surface area contributed by atoms with Gasteiger partial charge < -0.3 is 14.4 Å². The number of nitrogens with zero attached hydrogens (tertiary/aromatic N) is 6. The predicted molar refractivity (Wildman–Crippen MR) is 136 cm³/mol. The first kappa shape index (κ1) is 22.3. The van der Waals surface area contributed by atoms with Crippen molar-refractivity contribution in [2.75, 3.05) is 42.5 Å². The molecule has 0 atom stereocenters. The largest absolute Gasteiger partial charge is 0.366 e. The Morgan fingerprint density at radius 3 is 2.56 bits per heavy atom. The Kier molecular flexibility index (Phi) is 5.47. The molecule has 2 aliphatic rings. The van der Waals surface area contributed by atoms with Crippen LogP contribution in [0.25, 0.3) is 22.2 Å². The molecule has 4 aromatic rings. The van der Waals surface area contributed by atoms with Crippen molar-refractivity contribution in [1.29, 1.82) is 0 Å². The summed E-state index contributed by atoms with van der Waals surface area (Å²) < 4.78 is 18.0. The van der Waals surface area contributed by atoms with Gasteiger partial charge in [-0.05, 0) is 18.2 Å². The van der Waals surface area contributed by atoms with Gasteiger partial charge in [-0.1, -0.05) is 30.3 Å². The minimum Gasteiger partial charge on any atom is -0.366 e. The lowest BCUT2D eigenvalue weighted by Gasteiger charge is -2.37. The van der Waals surface area contributed by atoms with E-state index in [-0.39, 0.29) is 24.2 Å². The van der Waals surface area contributed by atoms with Crippen molar-refractivity contribution in [3.63, 3.8) is 0 Å². The molecule has 0 aliphatic carbocycles. The Hall–Kier alpha value is -4.14. The van der Waals surface area contributed by atoms with Crippen molar-refractivity contribution in [3.8, 4) is 11.3 Å². The minimum absolute atomic E-state index is 0.0286. The van der Waals surface area contributed by atoms with Crippen molar-refractivity contribution >= 4 is 34.2 Å². The molecule has 6 rings (SSSR count). The molecular weight excluding hydrogens is 459 g/mol. The summed E-state index contributed by atoms with van der Waals surface area (Å²) in [5.74, 6) is 0.196. The monoisotopic (exact) mass is 486 g/mol. The number of rotatable bonds is 4. The first-order valence-corrected chi connectivity index (χ1v) is 12.2. The predicted octanol–water partition coefficient (Wildman–Crippen LogP) is 3.27. The Labute approximate surface area is 208 Å². The summed E-state index contributed by atoms with van der Waals surface area (Å²) in [5, 5.41) is 5.88. The normalized spacial score (nSPS) is 16.1. The molecule has 2 amide bonds. The van der Waals surface area contributed by atoms with Crippen LogP contribution in [0.1, 0.15) is 6.42 Å². The van der Waals surface area contributed by atoms with Crippen molar-refractivity contribution in [2.45, 2.75) is 13.0 Å². The van der Waals surface area contributed by atoms with Gasteiger partial charge in [0.15, 0.2) is 0 Å². The molecule has 0 bridgehead atoms. The number of aryl methyl sites for hydroxylation is 2. The molecule has 0 radical (unpaired) electrons. The van der Waals surface area contributed by atoms with Crippen LogP contribution >= 0.6 is 0 Å². The van der Waals surface area contributed by atoms with Crippen LogP contribution < -0.4 is 9.80 Å². The van der Waals surface area contributed by atoms with Gasteiger partial charge in [0.25, 0.3) is 0 Å². The number of para-hydroxylation sites is 2. The molecule has 36 heavy (non-hydrogen) atoms. The minimum atomic E-state index is -0.258. The van der Waals surface area contributed by atoms with E-state index in [1.54, 1.807) is 21.9 Å². The van der Waals surface area contributed by atoms with Gasteiger partial charge in [0.2, 0.25) is 11.8 Å². The number of anilines is 2. The number of hydrogen-bond donors (Lipinski definition) is 0. The summed E-state index contributed by atoms with van der Waals surface area (Å²) in [6.45, 7) is 2.52. The first-order valence-electron chi connectivity index (χ1n) is 12.2. The molecule has 8 nitrogen and oxygen atoms in total. The number of hydrogen-bond acceptors (Lipinski definition) is 4. The molecule has 0 spiro atoms. The van der Waals surface area contributed by atoms with Crippen LogP contribution in [0.3, 0.4) is 0 Å². The van der Waals surface area contributed by atoms with Gasteiger partial charge >= 0.3 is 0 Å². The average Bonchev–Trinajstić information content (AvgIpc) is 3.48. The fraction of sp³-hybridized carbons (Fsp3) is 0.296. The second-order valence-corrected chi connectivity index (χ2v) is 9.33. The Morgan fingerprint density at radius 2 is 1.75 bits per heavy atom. The van der Waals surface area contributed by atoms with Crippen molar-refractivity contribution < 1.29 is 14.0 Å². The highest BCUT2D eigenvalue weighted by Gasteiger charge is 2.31. The second kappa shape index (κ2) is 8.82. The molecule has 184 valence electrons. The maximum atomic E-state index is 14.2. The van der Waals surface area contributed by atoms with Crippen molar-refractivity contribution in [1.82, 2.24) is 19.2 Å². The van der Waals surface area contributed by atoms with E-state index in [9.17, 15) is 14.0 Å². The summed E-state index contributed by atoms with van der Waals surface area (Å²) in [6.07, 6.45) is 2.35. The van der Waals surface area contributed by atoms with Crippen LogP contribution in [-0.2, 0) is 23.2 Å². The molecule has 1 saturated heterocycles. The van der Waals surface area contributed by atoms with Crippen molar-refractivity contribution in [2.24, 2.45) is 7.05 Å². The number of carbonyl (C=O) groups is 2. The van der Waals surface area contributed by atoms with Crippen LogP contribution in [0, 0.1) is 5.82 Å². The Bertz CT molecular complexity index is 1470. The lowest BCUT2D eigenvalue weighted by Crippen LogP contribution is -2.52. The van der Waals surface area contributed by atoms with E-state index in [4.69, 9.17) is 5.10 Å². The molecule has 2 aliphatic heterocycles. The Morgan fingerprint density at radius 1 is 1.00 bits per heavy atom. The number of piperazine rings is 1. The maximum absolute atomic E-state index is 14.2. The molecule has 9 heteroatoms. The van der Waals surface area contributed by atoms with Gasteiger partial charge in [0, 0.05) is 68.4 Å². The van der Waals surface area contributed by atoms with Crippen LogP contribution in [0.5, 0.6) is 0 Å². The van der Waals surface area contributed by atoms with Crippen LogP contribution in [0.4, 0.5) is 15.9 Å². The number of halogens is 1. The van der Waals surface area contributed by atoms with Gasteiger partial charge in [-0.3, -0.25) is 14.5 Å². The number of amides is 2. The fourth-order valence-electron chi connectivity index (χ4n) is 5.24. The standard InChI is InChI=1S/C27H27FN6O2/c1-30-17-20(19-6-2-4-8-23(19)30)22-16-25-33(26(35)10-11-34(25)29-22)18-27(36)32-14-12-31(13-15-32)24-9-5-3-7-21(24)28/h2-9,16-17H,10-15,18H2,1H3. The van der Waals surface area contributed by atoms with Gasteiger partial charge in [-0.15, -0.1) is 0 Å². The molecule has 2 aromatic carbocycles. The van der Waals surface area contributed by atoms with E-state index in [0.29, 0.717) is 50.6 Å². The SMILES string of the molecule is Cn1cc(-c2cc3n(n2)CCC(=O)N3CC(=O)N2CCN(c3ccccc3F)CC2)c2ccccc21. The number of aromatic nitrogens is 3. The van der Waals surface area contributed by atoms with Gasteiger partial charge in [0.1, 0.15) is 18.2 Å². The highest BCUT2D eigenvalue weighted by molar-refractivity contribution is 6.00. The summed E-state index contributed by atoms with van der Waals surface area (Å²) in [5.41, 5.74) is 3.45. The summed E-state index contributed by atoms with van der Waals surface area (Å²) in [6, 6.07) is 16.7. The van der Waals surface area contributed by atoms with E-state index in [1.807, 2.05) is 47.1 Å². The van der Waals surface area contributed by atoms with Gasteiger partial charge in [-0.2, -0.15) is 5.10 Å². The average molecular weight is 487 g/mol. The zero-order valence-electron chi connectivity index (χ0n) is 20.1. The van der Waals surface area contributed by atoms with Gasteiger partial charge in [-0.25, -0.2) is 9.07 Å². The molecular formula is C27H27FN6O2. The fourth-order valence-corrected chi connectivity index (χ4v) is 5.24. The zero-order chi connectivity index (χ0) is 24.8. The molecule has 4 heterocycles. The third kappa shape index (κ3) is 3.80. The molecule has 0 unspecified atom stereocenters. The topological polar surface area (TPSA) is 66.6 Å². The van der Waals surface area contributed by atoms with Crippen LogP contribution in [-0.4, -0.2) is 63.8 Å². The van der Waals surface area contributed by atoms with Crippen LogP contribution in [0.2, 0.25) is 0 Å². The quantitative estimate of drug-likeness (QED) is 0.444. The van der Waals surface area contributed by atoms with E-state index < -0.39 is 0 Å². The highest BCUT2D eigenvalue weighted by Crippen LogP contribution is 2.33. The maximum Gasteiger partial charge on any atom is 0.242 e. The van der Waals surface area contributed by atoms with Crippen molar-refractivity contribution in [3.05, 3.63) is 66.6 Å². The lowest BCUT2D eigenvalue weighted by molar-refractivity contribution is -0.132. The number of carbonyl (C=O) groups excluding carboxylic acids is 2. The number of fused-ring (bicyclic) bond motifs is 2. The van der Waals surface area contributed by atoms with E-state index >= 15 is 0 Å². The highest BCUT2D eigenvalue weighted by atomic mass is 19.1. The van der Waals surface area contributed by atoms with E-state index in [2.05, 4.69) is 16.7 Å². The second-order valence-electron chi connectivity index (χ2n) is 9.33. The molecule has 2 aromatic heterocycles.